The van der Waals surface area contributed by atoms with E-state index < -0.39 is 16.0 Å². The number of nitrogens with zero attached hydrogens (tertiary/aromatic N) is 1. The maximum atomic E-state index is 12.9. The summed E-state index contributed by atoms with van der Waals surface area (Å²) in [4.78, 5) is 11.7. The number of carbonyl (C=O) groups is 1. The van der Waals surface area contributed by atoms with Gasteiger partial charge in [0.2, 0.25) is 15.8 Å². The highest BCUT2D eigenvalue weighted by atomic mass is 35.5. The molecule has 0 unspecified atom stereocenters. The molecule has 0 aliphatic carbocycles. The second kappa shape index (κ2) is 9.56. The van der Waals surface area contributed by atoms with Crippen molar-refractivity contribution in [3.63, 3.8) is 0 Å². The van der Waals surface area contributed by atoms with Crippen LogP contribution < -0.4 is 5.32 Å². The van der Waals surface area contributed by atoms with Crippen molar-refractivity contribution < 1.29 is 22.4 Å². The highest BCUT2D eigenvalue weighted by molar-refractivity contribution is 7.89. The first-order valence-electron chi connectivity index (χ1n) is 8.35. The monoisotopic (exact) mass is 394 g/mol. The lowest BCUT2D eigenvalue weighted by molar-refractivity contribution is 0.0563. The number of ether oxygens (including phenoxy) is 1. The van der Waals surface area contributed by atoms with Crippen molar-refractivity contribution in [3.8, 4) is 0 Å². The summed E-state index contributed by atoms with van der Waals surface area (Å²) < 4.78 is 37.3. The van der Waals surface area contributed by atoms with E-state index in [1.807, 2.05) is 0 Å². The minimum absolute atomic E-state index is 0. The van der Waals surface area contributed by atoms with E-state index in [1.54, 1.807) is 6.92 Å². The van der Waals surface area contributed by atoms with Gasteiger partial charge in [0, 0.05) is 25.6 Å². The zero-order chi connectivity index (χ0) is 17.7. The number of furan rings is 1. The second-order valence-corrected chi connectivity index (χ2v) is 7.80. The summed E-state index contributed by atoms with van der Waals surface area (Å²) in [6, 6.07) is 1.28. The fraction of sp³-hybridized carbons (Fsp3) is 0.688. The first-order chi connectivity index (χ1) is 11.4. The van der Waals surface area contributed by atoms with Gasteiger partial charge in [0.15, 0.2) is 0 Å². The van der Waals surface area contributed by atoms with Crippen LogP contribution in [0.25, 0.3) is 0 Å². The molecule has 0 aromatic carbocycles. The van der Waals surface area contributed by atoms with Gasteiger partial charge in [-0.25, -0.2) is 13.2 Å². The summed E-state index contributed by atoms with van der Waals surface area (Å²) in [5.74, 6) is 0.0488. The van der Waals surface area contributed by atoms with Crippen LogP contribution in [0.5, 0.6) is 0 Å². The van der Waals surface area contributed by atoms with Gasteiger partial charge in [-0.3, -0.25) is 0 Å². The van der Waals surface area contributed by atoms with Crippen molar-refractivity contribution in [1.29, 1.82) is 0 Å². The third-order valence-electron chi connectivity index (χ3n) is 4.35. The molecule has 0 amide bonds. The van der Waals surface area contributed by atoms with Crippen molar-refractivity contribution in [1.82, 2.24) is 9.62 Å². The van der Waals surface area contributed by atoms with Crippen molar-refractivity contribution in [2.75, 3.05) is 33.3 Å². The lowest BCUT2D eigenvalue weighted by Crippen LogP contribution is -2.40. The quantitative estimate of drug-likeness (QED) is 0.712. The SMILES string of the molecule is CCNCC1CCN(S(=O)(=O)c2cc(C(=O)OC)oc2CC)CC1.Cl. The molecule has 1 saturated heterocycles. The summed E-state index contributed by atoms with van der Waals surface area (Å²) in [6.45, 7) is 6.66. The Bertz CT molecular complexity index is 666. The molecule has 1 N–H and O–H groups in total. The van der Waals surface area contributed by atoms with E-state index in [1.165, 1.54) is 17.5 Å². The normalized spacial score (nSPS) is 16.4. The van der Waals surface area contributed by atoms with E-state index in [-0.39, 0.29) is 23.1 Å². The Kier molecular flexibility index (Phi) is 8.40. The number of methoxy groups -OCH3 is 1. The molecule has 0 spiro atoms. The summed E-state index contributed by atoms with van der Waals surface area (Å²) in [6.07, 6.45) is 2.05. The van der Waals surface area contributed by atoms with Gasteiger partial charge in [-0.1, -0.05) is 13.8 Å². The predicted octanol–water partition coefficient (Wildman–Crippen LogP) is 2.06. The first-order valence-corrected chi connectivity index (χ1v) is 9.79. The molecule has 2 rings (SSSR count). The number of nitrogens with one attached hydrogen (secondary N) is 1. The molecule has 1 aliphatic rings. The largest absolute Gasteiger partial charge is 0.463 e. The topological polar surface area (TPSA) is 88.9 Å². The van der Waals surface area contributed by atoms with Gasteiger partial charge in [-0.05, 0) is 31.8 Å². The number of halogens is 1. The van der Waals surface area contributed by atoms with Gasteiger partial charge in [0.25, 0.3) is 0 Å². The van der Waals surface area contributed by atoms with Crippen molar-refractivity contribution in [2.24, 2.45) is 5.92 Å². The molecule has 2 heterocycles. The van der Waals surface area contributed by atoms with Crippen LogP contribution in [0.4, 0.5) is 0 Å². The van der Waals surface area contributed by atoms with Crippen molar-refractivity contribution in [2.45, 2.75) is 38.0 Å². The van der Waals surface area contributed by atoms with E-state index >= 15 is 0 Å². The van der Waals surface area contributed by atoms with Gasteiger partial charge in [0.1, 0.15) is 10.7 Å². The number of rotatable bonds is 7. The number of carbonyl (C=O) groups excluding carboxylic acids is 1. The minimum Gasteiger partial charge on any atom is -0.463 e. The van der Waals surface area contributed by atoms with Crippen LogP contribution in [0, 0.1) is 5.92 Å². The molecule has 25 heavy (non-hydrogen) atoms. The lowest BCUT2D eigenvalue weighted by atomic mass is 9.98. The number of hydrogen-bond acceptors (Lipinski definition) is 6. The van der Waals surface area contributed by atoms with Gasteiger partial charge in [0.05, 0.1) is 7.11 Å². The van der Waals surface area contributed by atoms with Gasteiger partial charge >= 0.3 is 5.97 Å². The van der Waals surface area contributed by atoms with Gasteiger partial charge < -0.3 is 14.5 Å². The van der Waals surface area contributed by atoms with Crippen LogP contribution in [-0.4, -0.2) is 52.0 Å². The molecule has 0 saturated carbocycles. The number of aryl methyl sites for hydroxylation is 1. The third-order valence-corrected chi connectivity index (χ3v) is 6.30. The first kappa shape index (κ1) is 22.0. The molecule has 1 aliphatic heterocycles. The van der Waals surface area contributed by atoms with E-state index in [0.717, 1.165) is 25.9 Å². The van der Waals surface area contributed by atoms with Crippen molar-refractivity contribution in [3.05, 3.63) is 17.6 Å². The standard InChI is InChI=1S/C16H26N2O5S.ClH/c1-4-13-15(10-14(23-13)16(19)22-3)24(20,21)18-8-6-12(7-9-18)11-17-5-2;/h10,12,17H,4-9,11H2,1-3H3;1H. The number of hydrogen-bond donors (Lipinski definition) is 1. The van der Waals surface area contributed by atoms with Crippen LogP contribution in [0.2, 0.25) is 0 Å². The summed E-state index contributed by atoms with van der Waals surface area (Å²) >= 11 is 0. The molecule has 7 nitrogen and oxygen atoms in total. The highest BCUT2D eigenvalue weighted by Crippen LogP contribution is 2.28. The summed E-state index contributed by atoms with van der Waals surface area (Å²) in [5.41, 5.74) is 0. The molecule has 1 fully saturated rings. The van der Waals surface area contributed by atoms with Crippen LogP contribution >= 0.6 is 12.4 Å². The number of sulfonamides is 1. The summed E-state index contributed by atoms with van der Waals surface area (Å²) in [5, 5.41) is 3.31. The summed E-state index contributed by atoms with van der Waals surface area (Å²) in [7, 11) is -2.42. The Labute approximate surface area is 155 Å². The van der Waals surface area contributed by atoms with Gasteiger partial charge in [-0.2, -0.15) is 4.31 Å². The second-order valence-electron chi connectivity index (χ2n) is 5.90. The molecule has 1 aromatic rings. The van der Waals surface area contributed by atoms with Crippen LogP contribution in [0.15, 0.2) is 15.4 Å². The Morgan fingerprint density at radius 3 is 2.52 bits per heavy atom. The van der Waals surface area contributed by atoms with Crippen LogP contribution in [0.3, 0.4) is 0 Å². The van der Waals surface area contributed by atoms with Crippen LogP contribution in [-0.2, 0) is 21.2 Å². The van der Waals surface area contributed by atoms with E-state index in [2.05, 4.69) is 17.0 Å². The smallest absolute Gasteiger partial charge is 0.373 e. The minimum atomic E-state index is -3.66. The van der Waals surface area contributed by atoms with E-state index in [9.17, 15) is 13.2 Å². The highest BCUT2D eigenvalue weighted by Gasteiger charge is 2.33. The number of esters is 1. The van der Waals surface area contributed by atoms with Gasteiger partial charge in [-0.15, -0.1) is 12.4 Å². The van der Waals surface area contributed by atoms with E-state index in [4.69, 9.17) is 4.42 Å². The Morgan fingerprint density at radius 2 is 2.00 bits per heavy atom. The van der Waals surface area contributed by atoms with E-state index in [0.29, 0.717) is 31.2 Å². The Morgan fingerprint density at radius 1 is 1.36 bits per heavy atom. The lowest BCUT2D eigenvalue weighted by Gasteiger charge is -2.31. The molecule has 1 aromatic heterocycles. The zero-order valence-corrected chi connectivity index (χ0v) is 16.5. The molecule has 0 bridgehead atoms. The molecule has 0 atom stereocenters. The maximum absolute atomic E-state index is 12.9. The average Bonchev–Trinajstić information content (AvgIpc) is 3.05. The molecule has 144 valence electrons. The zero-order valence-electron chi connectivity index (χ0n) is 14.9. The fourth-order valence-corrected chi connectivity index (χ4v) is 4.62. The number of piperidine rings is 1. The molecular weight excluding hydrogens is 368 g/mol. The van der Waals surface area contributed by atoms with Crippen LogP contribution in [0.1, 0.15) is 43.0 Å². The maximum Gasteiger partial charge on any atom is 0.373 e. The Hall–Kier alpha value is -1.09. The van der Waals surface area contributed by atoms with Crippen molar-refractivity contribution >= 4 is 28.4 Å². The average molecular weight is 395 g/mol. The third kappa shape index (κ3) is 4.97. The Balaban J connectivity index is 0.00000312. The molecule has 0 radical (unpaired) electrons. The fourth-order valence-electron chi connectivity index (χ4n) is 2.92. The molecule has 9 heteroatoms. The predicted molar refractivity (Wildman–Crippen MR) is 96.7 cm³/mol. The molecular formula is C16H27ClN2O5S.